The Morgan fingerprint density at radius 3 is 2.65 bits per heavy atom. The zero-order valence-electron chi connectivity index (χ0n) is 10.9. The molecule has 0 saturated carbocycles. The summed E-state index contributed by atoms with van der Waals surface area (Å²) in [7, 11) is 0. The second kappa shape index (κ2) is 8.66. The van der Waals surface area contributed by atoms with Crippen LogP contribution in [0.4, 0.5) is 4.79 Å². The fourth-order valence-electron chi connectivity index (χ4n) is 1.08. The van der Waals surface area contributed by atoms with E-state index in [9.17, 15) is 4.79 Å². The molecule has 0 aromatic heterocycles. The molecule has 0 fully saturated rings. The van der Waals surface area contributed by atoms with Gasteiger partial charge in [-0.15, -0.1) is 6.42 Å². The van der Waals surface area contributed by atoms with Gasteiger partial charge in [-0.1, -0.05) is 31.9 Å². The monoisotopic (exact) mass is 238 g/mol. The van der Waals surface area contributed by atoms with Crippen molar-refractivity contribution in [3.63, 3.8) is 0 Å². The van der Waals surface area contributed by atoms with E-state index in [4.69, 9.17) is 11.2 Å². The third-order valence-electron chi connectivity index (χ3n) is 2.01. The van der Waals surface area contributed by atoms with Crippen LogP contribution in [0, 0.1) is 18.3 Å². The van der Waals surface area contributed by atoms with Gasteiger partial charge in [0.05, 0.1) is 19.3 Å². The van der Waals surface area contributed by atoms with E-state index in [-0.39, 0.29) is 18.0 Å². The number of amides is 2. The average Bonchev–Trinajstić information content (AvgIpc) is 2.24. The van der Waals surface area contributed by atoms with E-state index in [1.807, 2.05) is 20.8 Å². The number of hydrogen-bond donors (Lipinski definition) is 2. The smallest absolute Gasteiger partial charge is 0.315 e. The summed E-state index contributed by atoms with van der Waals surface area (Å²) in [6.07, 6.45) is 5.30. The van der Waals surface area contributed by atoms with Crippen LogP contribution in [0.2, 0.25) is 0 Å². The second-order valence-corrected chi connectivity index (χ2v) is 4.30. The highest BCUT2D eigenvalue weighted by atomic mass is 16.5. The number of urea groups is 1. The quantitative estimate of drug-likeness (QED) is 0.401. The first-order valence-corrected chi connectivity index (χ1v) is 5.70. The summed E-state index contributed by atoms with van der Waals surface area (Å²) in [5, 5.41) is 5.38. The normalized spacial score (nSPS) is 11.7. The number of carbonyl (C=O) groups excluding carboxylic acids is 1. The first-order valence-electron chi connectivity index (χ1n) is 5.70. The Morgan fingerprint density at radius 1 is 1.53 bits per heavy atom. The van der Waals surface area contributed by atoms with E-state index in [0.717, 1.165) is 5.57 Å². The molecule has 0 radical (unpaired) electrons. The van der Waals surface area contributed by atoms with Crippen molar-refractivity contribution in [2.75, 3.05) is 19.8 Å². The molecular weight excluding hydrogens is 216 g/mol. The van der Waals surface area contributed by atoms with Crippen LogP contribution in [0.5, 0.6) is 0 Å². The molecule has 1 atom stereocenters. The van der Waals surface area contributed by atoms with Crippen molar-refractivity contribution in [2.45, 2.75) is 26.8 Å². The van der Waals surface area contributed by atoms with Crippen LogP contribution in [0.1, 0.15) is 20.8 Å². The Bertz CT molecular complexity index is 292. The van der Waals surface area contributed by atoms with Crippen LogP contribution in [0.25, 0.3) is 0 Å². The highest BCUT2D eigenvalue weighted by Crippen LogP contribution is 1.98. The molecule has 4 nitrogen and oxygen atoms in total. The van der Waals surface area contributed by atoms with Crippen LogP contribution >= 0.6 is 0 Å². The lowest BCUT2D eigenvalue weighted by Gasteiger charge is -2.17. The maximum atomic E-state index is 11.4. The summed E-state index contributed by atoms with van der Waals surface area (Å²) in [5.74, 6) is 2.75. The third-order valence-corrected chi connectivity index (χ3v) is 2.01. The van der Waals surface area contributed by atoms with Crippen molar-refractivity contribution in [3.05, 3.63) is 12.2 Å². The molecule has 2 N–H and O–H groups in total. The predicted molar refractivity (Wildman–Crippen MR) is 69.6 cm³/mol. The Hall–Kier alpha value is -1.47. The molecule has 0 aliphatic heterocycles. The molecule has 0 saturated heterocycles. The van der Waals surface area contributed by atoms with Crippen molar-refractivity contribution in [1.29, 1.82) is 0 Å². The highest BCUT2D eigenvalue weighted by molar-refractivity contribution is 5.74. The van der Waals surface area contributed by atoms with E-state index in [2.05, 4.69) is 23.1 Å². The van der Waals surface area contributed by atoms with E-state index in [1.54, 1.807) is 0 Å². The minimum absolute atomic E-state index is 0.213. The lowest BCUT2D eigenvalue weighted by atomic mass is 10.1. The number of hydrogen-bond acceptors (Lipinski definition) is 2. The van der Waals surface area contributed by atoms with Gasteiger partial charge >= 0.3 is 6.03 Å². The van der Waals surface area contributed by atoms with E-state index in [0.29, 0.717) is 19.8 Å². The Morgan fingerprint density at radius 2 is 2.18 bits per heavy atom. The van der Waals surface area contributed by atoms with Gasteiger partial charge in [-0.3, -0.25) is 0 Å². The molecular formula is C13H22N2O2. The predicted octanol–water partition coefficient (Wildman–Crippen LogP) is 1.54. The maximum absolute atomic E-state index is 11.4. The summed E-state index contributed by atoms with van der Waals surface area (Å²) in [5.41, 5.74) is 0.960. The number of carbonyl (C=O) groups is 1. The molecule has 0 aromatic carbocycles. The molecule has 0 heterocycles. The topological polar surface area (TPSA) is 50.4 Å². The van der Waals surface area contributed by atoms with E-state index in [1.165, 1.54) is 0 Å². The maximum Gasteiger partial charge on any atom is 0.315 e. The van der Waals surface area contributed by atoms with E-state index < -0.39 is 0 Å². The standard InChI is InChI=1S/C13H22N2O2/c1-6-12(11(4)5)15-13(16)14-7-8-17-9-10(2)3/h1,11-12H,2,7-9H2,3-5H3,(H2,14,15,16)/t12-/m1/s1. The first kappa shape index (κ1) is 15.5. The van der Waals surface area contributed by atoms with Gasteiger partial charge in [0.1, 0.15) is 0 Å². The Labute approximate surface area is 104 Å². The average molecular weight is 238 g/mol. The van der Waals surface area contributed by atoms with Gasteiger partial charge in [-0.2, -0.15) is 0 Å². The fourth-order valence-corrected chi connectivity index (χ4v) is 1.08. The molecule has 0 bridgehead atoms. The van der Waals surface area contributed by atoms with Crippen LogP contribution in [-0.2, 0) is 4.74 Å². The van der Waals surface area contributed by atoms with Gasteiger partial charge < -0.3 is 15.4 Å². The van der Waals surface area contributed by atoms with Crippen molar-refractivity contribution >= 4 is 6.03 Å². The largest absolute Gasteiger partial charge is 0.375 e. The molecule has 4 heteroatoms. The number of nitrogens with one attached hydrogen (secondary N) is 2. The minimum Gasteiger partial charge on any atom is -0.375 e. The van der Waals surface area contributed by atoms with Gasteiger partial charge in [0.2, 0.25) is 0 Å². The first-order chi connectivity index (χ1) is 7.97. The van der Waals surface area contributed by atoms with Gasteiger partial charge in [0, 0.05) is 6.54 Å². The van der Waals surface area contributed by atoms with Crippen LogP contribution < -0.4 is 10.6 Å². The van der Waals surface area contributed by atoms with Crippen molar-refractivity contribution in [3.8, 4) is 12.3 Å². The zero-order chi connectivity index (χ0) is 13.3. The van der Waals surface area contributed by atoms with Crippen molar-refractivity contribution in [1.82, 2.24) is 10.6 Å². The number of ether oxygens (including phenoxy) is 1. The third kappa shape index (κ3) is 8.35. The van der Waals surface area contributed by atoms with Gasteiger partial charge in [-0.25, -0.2) is 4.79 Å². The molecule has 0 unspecified atom stereocenters. The molecule has 0 aromatic rings. The molecule has 96 valence electrons. The number of terminal acetylenes is 1. The summed E-state index contributed by atoms with van der Waals surface area (Å²) in [4.78, 5) is 11.4. The van der Waals surface area contributed by atoms with Gasteiger partial charge in [-0.05, 0) is 12.8 Å². The molecule has 17 heavy (non-hydrogen) atoms. The number of rotatable bonds is 7. The Balaban J connectivity index is 3.66. The van der Waals surface area contributed by atoms with Crippen LogP contribution in [0.3, 0.4) is 0 Å². The molecule has 0 spiro atoms. The Kier molecular flexibility index (Phi) is 7.91. The molecule has 0 rings (SSSR count). The lowest BCUT2D eigenvalue weighted by Crippen LogP contribution is -2.44. The van der Waals surface area contributed by atoms with Gasteiger partial charge in [0.15, 0.2) is 0 Å². The van der Waals surface area contributed by atoms with Crippen molar-refractivity contribution in [2.24, 2.45) is 5.92 Å². The summed E-state index contributed by atoms with van der Waals surface area (Å²) < 4.78 is 5.24. The molecule has 0 aliphatic rings. The molecule has 0 aliphatic carbocycles. The summed E-state index contributed by atoms with van der Waals surface area (Å²) in [6.45, 7) is 10.9. The second-order valence-electron chi connectivity index (χ2n) is 4.30. The molecule has 2 amide bonds. The van der Waals surface area contributed by atoms with E-state index >= 15 is 0 Å². The summed E-state index contributed by atoms with van der Waals surface area (Å²) >= 11 is 0. The fraction of sp³-hybridized carbons (Fsp3) is 0.615. The van der Waals surface area contributed by atoms with Crippen LogP contribution in [0.15, 0.2) is 12.2 Å². The highest BCUT2D eigenvalue weighted by Gasteiger charge is 2.12. The minimum atomic E-state index is -0.263. The summed E-state index contributed by atoms with van der Waals surface area (Å²) in [6, 6.07) is -0.507. The lowest BCUT2D eigenvalue weighted by molar-refractivity contribution is 0.157. The zero-order valence-corrected chi connectivity index (χ0v) is 10.9. The van der Waals surface area contributed by atoms with Crippen LogP contribution in [-0.4, -0.2) is 31.8 Å². The van der Waals surface area contributed by atoms with Gasteiger partial charge in [0.25, 0.3) is 0 Å². The SMILES string of the molecule is C#C[C@@H](NC(=O)NCCOCC(=C)C)C(C)C. The van der Waals surface area contributed by atoms with Crippen molar-refractivity contribution < 1.29 is 9.53 Å².